The molecule has 1 unspecified atom stereocenters. The summed E-state index contributed by atoms with van der Waals surface area (Å²) in [7, 11) is 1.09. The van der Waals surface area contributed by atoms with Crippen molar-refractivity contribution < 1.29 is 33.8 Å². The van der Waals surface area contributed by atoms with Gasteiger partial charge < -0.3 is 9.84 Å². The molecule has 0 bridgehead atoms. The highest BCUT2D eigenvalue weighted by atomic mass is 35.5. The number of carbonyl (C=O) groups is 5. The second-order valence-corrected chi connectivity index (χ2v) is 11.6. The predicted octanol–water partition coefficient (Wildman–Crippen LogP) is 5.94. The molecule has 47 heavy (non-hydrogen) atoms. The van der Waals surface area contributed by atoms with Gasteiger partial charge in [-0.3, -0.25) is 29.0 Å². The summed E-state index contributed by atoms with van der Waals surface area (Å²) >= 11 is 6.13. The van der Waals surface area contributed by atoms with Gasteiger partial charge in [0.05, 0.1) is 18.3 Å². The number of benzene rings is 4. The van der Waals surface area contributed by atoms with Crippen molar-refractivity contribution in [3.63, 3.8) is 0 Å². The Kier molecular flexibility index (Phi) is 7.86. The minimum Gasteiger partial charge on any atom is -0.507 e. The van der Waals surface area contributed by atoms with Gasteiger partial charge in [0.25, 0.3) is 11.7 Å². The molecule has 0 radical (unpaired) electrons. The number of nitrogens with zero attached hydrogens (tertiary/aromatic N) is 2. The molecule has 0 aliphatic carbocycles. The zero-order valence-electron chi connectivity index (χ0n) is 25.5. The standard InChI is InChI=1S/C37H27ClN2O7/c1-21-9-17-26(18-10-21)39-30(35(45)47-3)28(31(41)24-13-15-25(38)16-14-24)37(36(39)46)29(32(42)23-7-5-4-6-8-23)33(43)34(44)40(37)27-19-11-22(2)12-20-27/h4-20,42H,1-3H3. The predicted molar refractivity (Wildman–Crippen MR) is 176 cm³/mol. The Labute approximate surface area is 274 Å². The van der Waals surface area contributed by atoms with Gasteiger partial charge in [-0.25, -0.2) is 4.79 Å². The first-order chi connectivity index (χ1) is 22.5. The summed E-state index contributed by atoms with van der Waals surface area (Å²) < 4.78 is 5.16. The maximum atomic E-state index is 15.3. The average Bonchev–Trinajstić information content (AvgIpc) is 3.47. The maximum absolute atomic E-state index is 15.3. The maximum Gasteiger partial charge on any atom is 0.355 e. The van der Waals surface area contributed by atoms with E-state index in [-0.39, 0.29) is 22.5 Å². The summed E-state index contributed by atoms with van der Waals surface area (Å²) in [5.41, 5.74) is -2.39. The van der Waals surface area contributed by atoms with E-state index >= 15 is 4.79 Å². The molecule has 2 aliphatic heterocycles. The van der Waals surface area contributed by atoms with Crippen LogP contribution in [0.15, 0.2) is 120 Å². The lowest BCUT2D eigenvalue weighted by atomic mass is 9.77. The monoisotopic (exact) mass is 646 g/mol. The van der Waals surface area contributed by atoms with Crippen molar-refractivity contribution in [3.8, 4) is 0 Å². The quantitative estimate of drug-likeness (QED) is 0.0905. The number of aliphatic hydroxyl groups is 1. The summed E-state index contributed by atoms with van der Waals surface area (Å²) in [5, 5.41) is 12.2. The molecule has 9 nitrogen and oxygen atoms in total. The number of hydrogen-bond acceptors (Lipinski definition) is 7. The van der Waals surface area contributed by atoms with Crippen LogP contribution >= 0.6 is 11.6 Å². The summed E-state index contributed by atoms with van der Waals surface area (Å²) in [6, 6.07) is 26.5. The molecule has 1 atom stereocenters. The molecule has 1 spiro atoms. The average molecular weight is 647 g/mol. The number of aliphatic hydroxyl groups excluding tert-OH is 1. The molecule has 1 fully saturated rings. The van der Waals surface area contributed by atoms with Crippen molar-refractivity contribution in [1.29, 1.82) is 0 Å². The lowest BCUT2D eigenvalue weighted by Crippen LogP contribution is -2.56. The van der Waals surface area contributed by atoms with E-state index in [2.05, 4.69) is 0 Å². The van der Waals surface area contributed by atoms with Crippen molar-refractivity contribution >= 4 is 58.1 Å². The zero-order valence-corrected chi connectivity index (χ0v) is 26.2. The van der Waals surface area contributed by atoms with Crippen LogP contribution < -0.4 is 9.80 Å². The van der Waals surface area contributed by atoms with Crippen LogP contribution in [0.2, 0.25) is 5.02 Å². The lowest BCUT2D eigenvalue weighted by Gasteiger charge is -2.35. The molecule has 6 rings (SSSR count). The number of anilines is 2. The number of aryl methyl sites for hydroxylation is 2. The number of hydrogen-bond donors (Lipinski definition) is 1. The number of carbonyl (C=O) groups excluding carboxylic acids is 5. The van der Waals surface area contributed by atoms with Gasteiger partial charge in [-0.05, 0) is 62.4 Å². The van der Waals surface area contributed by atoms with Crippen LogP contribution in [0.1, 0.15) is 27.0 Å². The molecule has 4 aromatic carbocycles. The molecular formula is C37H27ClN2O7. The molecule has 0 saturated carbocycles. The van der Waals surface area contributed by atoms with Crippen LogP contribution in [0.4, 0.5) is 11.4 Å². The van der Waals surface area contributed by atoms with Crippen molar-refractivity contribution in [3.05, 3.63) is 147 Å². The second kappa shape index (κ2) is 11.9. The number of methoxy groups -OCH3 is 1. The number of halogens is 1. The van der Waals surface area contributed by atoms with E-state index in [1.54, 1.807) is 54.6 Å². The van der Waals surface area contributed by atoms with Gasteiger partial charge in [0, 0.05) is 27.5 Å². The van der Waals surface area contributed by atoms with Gasteiger partial charge in [0.15, 0.2) is 11.3 Å². The summed E-state index contributed by atoms with van der Waals surface area (Å²) in [5.74, 6) is -6.09. The van der Waals surface area contributed by atoms with E-state index in [0.717, 1.165) is 28.0 Å². The minimum atomic E-state index is -2.64. The molecule has 0 aromatic heterocycles. The molecule has 1 saturated heterocycles. The first-order valence-electron chi connectivity index (χ1n) is 14.5. The highest BCUT2D eigenvalue weighted by Gasteiger charge is 2.71. The Bertz CT molecular complexity index is 2030. The van der Waals surface area contributed by atoms with E-state index in [1.165, 1.54) is 48.5 Å². The van der Waals surface area contributed by atoms with Gasteiger partial charge in [-0.15, -0.1) is 0 Å². The number of Topliss-reactive ketones (excluding diaryl/α,β-unsaturated/α-hetero) is 2. The molecule has 2 amide bonds. The summed E-state index contributed by atoms with van der Waals surface area (Å²) in [6.45, 7) is 3.64. The Hall–Kier alpha value is -5.80. The molecule has 4 aromatic rings. The molecule has 2 heterocycles. The fourth-order valence-corrected chi connectivity index (χ4v) is 6.13. The number of ether oxygens (including phenoxy) is 1. The third-order valence-electron chi connectivity index (χ3n) is 8.24. The second-order valence-electron chi connectivity index (χ2n) is 11.1. The minimum absolute atomic E-state index is 0.00191. The number of ketones is 2. The molecule has 2 aliphatic rings. The SMILES string of the molecule is COC(=O)C1=C(C(=O)c2ccc(Cl)cc2)C2(C(=O)N1c1ccc(C)cc1)C(=C(O)c1ccccc1)C(=O)C(=O)N2c1ccc(C)cc1. The third-order valence-corrected chi connectivity index (χ3v) is 8.49. The topological polar surface area (TPSA) is 121 Å². The van der Waals surface area contributed by atoms with E-state index < -0.39 is 57.5 Å². The Morgan fingerprint density at radius 1 is 0.745 bits per heavy atom. The first-order valence-corrected chi connectivity index (χ1v) is 14.9. The van der Waals surface area contributed by atoms with E-state index in [9.17, 15) is 24.3 Å². The fraction of sp³-hybridized carbons (Fsp3) is 0.108. The van der Waals surface area contributed by atoms with Gasteiger partial charge in [0.1, 0.15) is 11.5 Å². The molecule has 234 valence electrons. The zero-order chi connectivity index (χ0) is 33.6. The van der Waals surface area contributed by atoms with Gasteiger partial charge in [0.2, 0.25) is 0 Å². The van der Waals surface area contributed by atoms with Crippen molar-refractivity contribution in [2.75, 3.05) is 16.9 Å². The van der Waals surface area contributed by atoms with Crippen LogP contribution in [-0.4, -0.2) is 47.1 Å². The highest BCUT2D eigenvalue weighted by Crippen LogP contribution is 2.53. The van der Waals surface area contributed by atoms with Crippen molar-refractivity contribution in [1.82, 2.24) is 0 Å². The number of rotatable bonds is 6. The Morgan fingerprint density at radius 3 is 1.85 bits per heavy atom. The summed E-state index contributed by atoms with van der Waals surface area (Å²) in [4.78, 5) is 74.3. The van der Waals surface area contributed by atoms with Crippen LogP contribution in [-0.2, 0) is 23.9 Å². The Balaban J connectivity index is 1.82. The lowest BCUT2D eigenvalue weighted by molar-refractivity contribution is -0.136. The van der Waals surface area contributed by atoms with Crippen molar-refractivity contribution in [2.45, 2.75) is 19.4 Å². The van der Waals surface area contributed by atoms with E-state index in [0.29, 0.717) is 5.02 Å². The third kappa shape index (κ3) is 4.83. The van der Waals surface area contributed by atoms with Crippen LogP contribution in [0.25, 0.3) is 5.76 Å². The van der Waals surface area contributed by atoms with Crippen LogP contribution in [0.3, 0.4) is 0 Å². The summed E-state index contributed by atoms with van der Waals surface area (Å²) in [6.07, 6.45) is 0. The Morgan fingerprint density at radius 2 is 1.30 bits per heavy atom. The van der Waals surface area contributed by atoms with E-state index in [1.807, 2.05) is 13.8 Å². The molecule has 1 N–H and O–H groups in total. The smallest absolute Gasteiger partial charge is 0.355 e. The van der Waals surface area contributed by atoms with Crippen LogP contribution in [0, 0.1) is 13.8 Å². The van der Waals surface area contributed by atoms with Crippen LogP contribution in [0.5, 0.6) is 0 Å². The number of esters is 1. The fourth-order valence-electron chi connectivity index (χ4n) is 6.00. The largest absolute Gasteiger partial charge is 0.507 e. The normalized spacial score (nSPS) is 18.8. The first kappa shape index (κ1) is 31.2. The van der Waals surface area contributed by atoms with E-state index in [4.69, 9.17) is 16.3 Å². The van der Waals surface area contributed by atoms with Crippen molar-refractivity contribution in [2.24, 2.45) is 0 Å². The molecule has 10 heteroatoms. The number of amides is 2. The molecular weight excluding hydrogens is 620 g/mol. The van der Waals surface area contributed by atoms with Gasteiger partial charge in [-0.2, -0.15) is 0 Å². The van der Waals surface area contributed by atoms with Gasteiger partial charge in [-0.1, -0.05) is 77.3 Å². The highest BCUT2D eigenvalue weighted by molar-refractivity contribution is 6.57. The van der Waals surface area contributed by atoms with Gasteiger partial charge >= 0.3 is 11.9 Å².